The molecule has 1 fully saturated rings. The van der Waals surface area contributed by atoms with Gasteiger partial charge in [0.2, 0.25) is 5.91 Å². The van der Waals surface area contributed by atoms with Gasteiger partial charge in [-0.15, -0.1) is 17.5 Å². The highest BCUT2D eigenvalue weighted by molar-refractivity contribution is 5.95. The number of carbonyl (C=O) groups is 1. The highest BCUT2D eigenvalue weighted by Crippen LogP contribution is 2.31. The normalized spacial score (nSPS) is 16.4. The number of halogens is 1. The molecule has 2 heterocycles. The predicted octanol–water partition coefficient (Wildman–Crippen LogP) is 0.778. The predicted molar refractivity (Wildman–Crippen MR) is 86.6 cm³/mol. The molecule has 0 bridgehead atoms. The minimum absolute atomic E-state index is 0. The first-order valence-electron chi connectivity index (χ1n) is 7.16. The molecule has 1 saturated heterocycles. The number of aromatic nitrogens is 4. The zero-order valence-electron chi connectivity index (χ0n) is 12.5. The summed E-state index contributed by atoms with van der Waals surface area (Å²) >= 11 is 0. The number of nitrogens with one attached hydrogen (secondary N) is 1. The molecule has 8 nitrogen and oxygen atoms in total. The zero-order chi connectivity index (χ0) is 15.4. The van der Waals surface area contributed by atoms with E-state index in [4.69, 9.17) is 10.5 Å². The smallest absolute Gasteiger partial charge is 0.232 e. The monoisotopic (exact) mass is 338 g/mol. The summed E-state index contributed by atoms with van der Waals surface area (Å²) in [5.41, 5.74) is 6.77. The van der Waals surface area contributed by atoms with Crippen LogP contribution in [0.25, 0.3) is 5.69 Å². The van der Waals surface area contributed by atoms with E-state index in [0.29, 0.717) is 38.3 Å². The standard InChI is InChI=1S/C14H18N6O2.ClH/c15-9-14(4-6-22-7-5-14)13(21)17-11-2-1-3-12(8-11)20-10-16-18-19-20;/h1-3,8,10H,4-7,9,15H2,(H,17,21);1H. The number of rotatable bonds is 4. The van der Waals surface area contributed by atoms with Gasteiger partial charge in [0.05, 0.1) is 11.1 Å². The Morgan fingerprint density at radius 3 is 2.83 bits per heavy atom. The van der Waals surface area contributed by atoms with Crippen molar-refractivity contribution in [1.82, 2.24) is 20.2 Å². The molecule has 2 aromatic rings. The van der Waals surface area contributed by atoms with Gasteiger partial charge < -0.3 is 15.8 Å². The molecule has 1 amide bonds. The Balaban J connectivity index is 0.00000192. The number of hydrogen-bond acceptors (Lipinski definition) is 6. The molecule has 1 aromatic heterocycles. The van der Waals surface area contributed by atoms with E-state index < -0.39 is 5.41 Å². The fourth-order valence-electron chi connectivity index (χ4n) is 2.56. The van der Waals surface area contributed by atoms with Crippen LogP contribution < -0.4 is 11.1 Å². The van der Waals surface area contributed by atoms with Crippen LogP contribution in [-0.2, 0) is 9.53 Å². The Hall–Kier alpha value is -2.03. The van der Waals surface area contributed by atoms with Crippen LogP contribution in [0.15, 0.2) is 30.6 Å². The minimum atomic E-state index is -0.553. The molecule has 23 heavy (non-hydrogen) atoms. The van der Waals surface area contributed by atoms with E-state index in [0.717, 1.165) is 5.69 Å². The molecule has 0 aliphatic carbocycles. The van der Waals surface area contributed by atoms with E-state index in [1.807, 2.05) is 24.3 Å². The van der Waals surface area contributed by atoms with Crippen molar-refractivity contribution in [3.63, 3.8) is 0 Å². The topological polar surface area (TPSA) is 108 Å². The summed E-state index contributed by atoms with van der Waals surface area (Å²) in [5, 5.41) is 14.0. The number of hydrogen-bond donors (Lipinski definition) is 2. The van der Waals surface area contributed by atoms with Crippen LogP contribution >= 0.6 is 12.4 Å². The van der Waals surface area contributed by atoms with E-state index in [1.54, 1.807) is 0 Å². The Morgan fingerprint density at radius 2 is 2.17 bits per heavy atom. The van der Waals surface area contributed by atoms with Gasteiger partial charge in [-0.2, -0.15) is 0 Å². The molecule has 0 atom stereocenters. The van der Waals surface area contributed by atoms with Gasteiger partial charge in [0.15, 0.2) is 0 Å². The van der Waals surface area contributed by atoms with E-state index in [9.17, 15) is 4.79 Å². The summed E-state index contributed by atoms with van der Waals surface area (Å²) < 4.78 is 6.86. The van der Waals surface area contributed by atoms with Crippen molar-refractivity contribution in [1.29, 1.82) is 0 Å². The summed E-state index contributed by atoms with van der Waals surface area (Å²) in [6.07, 6.45) is 2.78. The maximum absolute atomic E-state index is 12.6. The highest BCUT2D eigenvalue weighted by atomic mass is 35.5. The molecule has 9 heteroatoms. The van der Waals surface area contributed by atoms with Gasteiger partial charge in [-0.25, -0.2) is 4.68 Å². The molecular formula is C14H19ClN6O2. The summed E-state index contributed by atoms with van der Waals surface area (Å²) in [5.74, 6) is -0.0628. The van der Waals surface area contributed by atoms with Crippen LogP contribution in [0.1, 0.15) is 12.8 Å². The third-order valence-corrected chi connectivity index (χ3v) is 4.04. The lowest BCUT2D eigenvalue weighted by atomic mass is 9.79. The van der Waals surface area contributed by atoms with Crippen LogP contribution in [0.2, 0.25) is 0 Å². The number of carbonyl (C=O) groups excluding carboxylic acids is 1. The SMILES string of the molecule is Cl.NCC1(C(=O)Nc2cccc(-n3cnnn3)c2)CCOCC1. The number of ether oxygens (including phenoxy) is 1. The Labute approximate surface area is 139 Å². The first kappa shape index (κ1) is 17.3. The van der Waals surface area contributed by atoms with E-state index in [2.05, 4.69) is 20.8 Å². The maximum atomic E-state index is 12.6. The molecule has 124 valence electrons. The molecule has 1 aromatic carbocycles. The molecule has 3 rings (SSSR count). The molecule has 0 saturated carbocycles. The van der Waals surface area contributed by atoms with E-state index in [1.165, 1.54) is 11.0 Å². The second-order valence-corrected chi connectivity index (χ2v) is 5.36. The van der Waals surface area contributed by atoms with Crippen molar-refractivity contribution < 1.29 is 9.53 Å². The largest absolute Gasteiger partial charge is 0.381 e. The number of benzene rings is 1. The third kappa shape index (κ3) is 3.66. The average molecular weight is 339 g/mol. The second kappa shape index (κ2) is 7.49. The fraction of sp³-hybridized carbons (Fsp3) is 0.429. The van der Waals surface area contributed by atoms with Crippen molar-refractivity contribution in [2.75, 3.05) is 25.1 Å². The van der Waals surface area contributed by atoms with Crippen molar-refractivity contribution in [2.45, 2.75) is 12.8 Å². The van der Waals surface area contributed by atoms with Gasteiger partial charge in [0.25, 0.3) is 0 Å². The summed E-state index contributed by atoms with van der Waals surface area (Å²) in [4.78, 5) is 12.6. The molecular weight excluding hydrogens is 320 g/mol. The molecule has 1 aliphatic rings. The molecule has 0 spiro atoms. The van der Waals surface area contributed by atoms with Crippen molar-refractivity contribution in [3.8, 4) is 5.69 Å². The second-order valence-electron chi connectivity index (χ2n) is 5.36. The first-order chi connectivity index (χ1) is 10.7. The zero-order valence-corrected chi connectivity index (χ0v) is 13.3. The van der Waals surface area contributed by atoms with Gasteiger partial charge in [0, 0.05) is 25.4 Å². The minimum Gasteiger partial charge on any atom is -0.381 e. The van der Waals surface area contributed by atoms with Crippen LogP contribution in [0.4, 0.5) is 5.69 Å². The Bertz CT molecular complexity index is 642. The van der Waals surface area contributed by atoms with Crippen LogP contribution in [0, 0.1) is 5.41 Å². The lowest BCUT2D eigenvalue weighted by Gasteiger charge is -2.34. The van der Waals surface area contributed by atoms with Crippen LogP contribution in [0.3, 0.4) is 0 Å². The van der Waals surface area contributed by atoms with Crippen molar-refractivity contribution >= 4 is 24.0 Å². The summed E-state index contributed by atoms with van der Waals surface area (Å²) in [6, 6.07) is 7.35. The fourth-order valence-corrected chi connectivity index (χ4v) is 2.56. The Kier molecular flexibility index (Phi) is 5.64. The van der Waals surface area contributed by atoms with E-state index in [-0.39, 0.29) is 18.3 Å². The Morgan fingerprint density at radius 1 is 1.39 bits per heavy atom. The quantitative estimate of drug-likeness (QED) is 0.852. The third-order valence-electron chi connectivity index (χ3n) is 4.04. The highest BCUT2D eigenvalue weighted by Gasteiger charge is 2.38. The molecule has 1 aliphatic heterocycles. The number of nitrogens with two attached hydrogens (primary N) is 1. The molecule has 3 N–H and O–H groups in total. The molecule has 0 radical (unpaired) electrons. The number of tetrazole rings is 1. The summed E-state index contributed by atoms with van der Waals surface area (Å²) in [6.45, 7) is 1.44. The number of amides is 1. The van der Waals surface area contributed by atoms with Crippen molar-refractivity contribution in [3.05, 3.63) is 30.6 Å². The molecule has 0 unspecified atom stereocenters. The van der Waals surface area contributed by atoms with Gasteiger partial charge >= 0.3 is 0 Å². The van der Waals surface area contributed by atoms with E-state index >= 15 is 0 Å². The maximum Gasteiger partial charge on any atom is 0.232 e. The number of anilines is 1. The van der Waals surface area contributed by atoms with Gasteiger partial charge in [-0.1, -0.05) is 6.07 Å². The number of nitrogens with zero attached hydrogens (tertiary/aromatic N) is 4. The lowest BCUT2D eigenvalue weighted by Crippen LogP contribution is -2.46. The van der Waals surface area contributed by atoms with Gasteiger partial charge in [0.1, 0.15) is 6.33 Å². The van der Waals surface area contributed by atoms with Crippen molar-refractivity contribution in [2.24, 2.45) is 11.1 Å². The van der Waals surface area contributed by atoms with Gasteiger partial charge in [-0.3, -0.25) is 4.79 Å². The first-order valence-corrected chi connectivity index (χ1v) is 7.16. The average Bonchev–Trinajstić information content (AvgIpc) is 3.10. The van der Waals surface area contributed by atoms with Crippen LogP contribution in [0.5, 0.6) is 0 Å². The van der Waals surface area contributed by atoms with Gasteiger partial charge in [-0.05, 0) is 41.5 Å². The summed E-state index contributed by atoms with van der Waals surface area (Å²) in [7, 11) is 0. The van der Waals surface area contributed by atoms with Crippen LogP contribution in [-0.4, -0.2) is 45.9 Å². The lowest BCUT2D eigenvalue weighted by molar-refractivity contribution is -0.130.